The van der Waals surface area contributed by atoms with Gasteiger partial charge in [0.1, 0.15) is 0 Å². The van der Waals surface area contributed by atoms with Crippen LogP contribution < -0.4 is 24.8 Å². The summed E-state index contributed by atoms with van der Waals surface area (Å²) in [6.07, 6.45) is 0. The number of amides is 1. The maximum atomic E-state index is 11.0. The zero-order valence-electron chi connectivity index (χ0n) is 9.47. The van der Waals surface area contributed by atoms with Crippen molar-refractivity contribution in [1.29, 1.82) is 0 Å². The molecule has 0 aliphatic heterocycles. The van der Waals surface area contributed by atoms with Crippen LogP contribution in [-0.4, -0.2) is 5.91 Å². The fourth-order valence-electron chi connectivity index (χ4n) is 1.34. The molecule has 1 aromatic rings. The fraction of sp³-hybridized carbons (Fsp3) is 0.364. The quantitative estimate of drug-likeness (QED) is 0.515. The van der Waals surface area contributed by atoms with E-state index in [-0.39, 0.29) is 51.9 Å². The minimum Gasteiger partial charge on any atom is -1.00 e. The fourth-order valence-corrected chi connectivity index (χ4v) is 1.34. The molecule has 1 aromatic carbocycles. The summed E-state index contributed by atoms with van der Waals surface area (Å²) in [4.78, 5) is 11.0. The Morgan fingerprint density at radius 1 is 1.12 bits per heavy atom. The van der Waals surface area contributed by atoms with Crippen molar-refractivity contribution in [2.45, 2.75) is 26.2 Å². The summed E-state index contributed by atoms with van der Waals surface area (Å²) in [5.74, 6) is -0.606. The summed E-state index contributed by atoms with van der Waals surface area (Å²) in [6, 6.07) is 7.29. The van der Waals surface area contributed by atoms with Gasteiger partial charge in [0.15, 0.2) is 0 Å². The molecule has 5 heteroatoms. The Hall–Kier alpha value is -0.0157. The van der Waals surface area contributed by atoms with Crippen LogP contribution >= 0.6 is 0 Å². The van der Waals surface area contributed by atoms with Gasteiger partial charge >= 0.3 is 21.7 Å². The van der Waals surface area contributed by atoms with Gasteiger partial charge in [-0.15, -0.1) is 0 Å². The van der Waals surface area contributed by atoms with Crippen LogP contribution in [0.15, 0.2) is 24.3 Å². The van der Waals surface area contributed by atoms with Crippen LogP contribution in [0, 0.1) is 0 Å². The molecule has 87 valence electrons. The summed E-state index contributed by atoms with van der Waals surface area (Å²) in [5, 5.41) is 0. The second kappa shape index (κ2) is 8.13. The van der Waals surface area contributed by atoms with E-state index in [0.29, 0.717) is 5.56 Å². The summed E-state index contributed by atoms with van der Waals surface area (Å²) >= 11 is 0. The van der Waals surface area contributed by atoms with Crippen molar-refractivity contribution >= 4 is 5.91 Å². The van der Waals surface area contributed by atoms with Gasteiger partial charge in [0.05, 0.1) is 5.91 Å². The number of rotatable bonds is 1. The zero-order chi connectivity index (χ0) is 10.1. The van der Waals surface area contributed by atoms with Crippen LogP contribution in [0.4, 0.5) is 0 Å². The van der Waals surface area contributed by atoms with Crippen LogP contribution in [0.25, 0.3) is 5.73 Å². The summed E-state index contributed by atoms with van der Waals surface area (Å²) in [6.45, 7) is 6.11. The van der Waals surface area contributed by atoms with Crippen molar-refractivity contribution in [3.8, 4) is 0 Å². The third-order valence-electron chi connectivity index (χ3n) is 1.98. The molecule has 0 aromatic heterocycles. The Labute approximate surface area is 124 Å². The molecule has 0 unspecified atom stereocenters. The molecule has 1 rings (SSSR count). The van der Waals surface area contributed by atoms with E-state index < -0.39 is 5.91 Å². The predicted molar refractivity (Wildman–Crippen MR) is 53.8 cm³/mol. The maximum absolute atomic E-state index is 11.0. The molecular weight excluding hydrogens is 281 g/mol. The van der Waals surface area contributed by atoms with Gasteiger partial charge < -0.3 is 35.3 Å². The predicted octanol–water partition coefficient (Wildman–Crippen LogP) is -2.82. The molecule has 2 nitrogen and oxygen atoms in total. The van der Waals surface area contributed by atoms with Gasteiger partial charge in [-0.25, -0.2) is 0 Å². The van der Waals surface area contributed by atoms with E-state index in [0.717, 1.165) is 5.56 Å². The van der Waals surface area contributed by atoms with Gasteiger partial charge in [-0.05, 0) is 11.0 Å². The number of hydrogen-bond donors (Lipinski definition) is 0. The molecule has 16 heavy (non-hydrogen) atoms. The van der Waals surface area contributed by atoms with Gasteiger partial charge in [0, 0.05) is 5.56 Å². The smallest absolute Gasteiger partial charge is 1.00 e. The molecule has 1 N–H and O–H groups in total. The molecule has 0 heterocycles. The standard InChI is InChI=1S/C11H15NO.2ClH.Ti/c1-11(2,3)9-7-5-4-6-8(9)10(12)13;;;/h4-7H,1-3H3,(H2,12,13);2*1H;/q;;;+3/p-3. The van der Waals surface area contributed by atoms with Crippen LogP contribution in [0.1, 0.15) is 36.7 Å². The number of carbonyl (C=O) groups is 1. The Morgan fingerprint density at radius 3 is 1.88 bits per heavy atom. The number of halogens is 2. The largest absolute Gasteiger partial charge is 3.00 e. The van der Waals surface area contributed by atoms with Crippen LogP contribution in [-0.2, 0) is 27.1 Å². The van der Waals surface area contributed by atoms with Crippen molar-refractivity contribution < 1.29 is 51.3 Å². The molecule has 0 spiro atoms. The maximum Gasteiger partial charge on any atom is 3.00 e. The van der Waals surface area contributed by atoms with Gasteiger partial charge in [0.2, 0.25) is 0 Å². The van der Waals surface area contributed by atoms with Crippen LogP contribution in [0.2, 0.25) is 0 Å². The van der Waals surface area contributed by atoms with Crippen molar-refractivity contribution in [2.24, 2.45) is 0 Å². The average Bonchev–Trinajstić information content (AvgIpc) is 2.03. The minimum atomic E-state index is -0.606. The molecule has 0 aliphatic carbocycles. The van der Waals surface area contributed by atoms with Gasteiger partial charge in [-0.1, -0.05) is 45.0 Å². The van der Waals surface area contributed by atoms with E-state index >= 15 is 0 Å². The van der Waals surface area contributed by atoms with Gasteiger partial charge in [-0.2, -0.15) is 0 Å². The molecule has 0 saturated heterocycles. The topological polar surface area (TPSA) is 40.9 Å². The molecule has 1 radical (unpaired) electrons. The Bertz CT molecular complexity index is 337. The number of benzene rings is 1. The number of carbonyl (C=O) groups excluding carboxylic acids is 1. The molecule has 0 bridgehead atoms. The van der Waals surface area contributed by atoms with Crippen LogP contribution in [0.5, 0.6) is 0 Å². The van der Waals surface area contributed by atoms with E-state index in [2.05, 4.69) is 0 Å². The summed E-state index contributed by atoms with van der Waals surface area (Å²) in [5.41, 5.74) is 8.47. The van der Waals surface area contributed by atoms with E-state index in [1.54, 1.807) is 12.1 Å². The molecule has 0 saturated carbocycles. The number of nitrogens with one attached hydrogen (secondary N) is 1. The Kier molecular flexibility index (Phi) is 10.8. The minimum absolute atomic E-state index is 0. The Morgan fingerprint density at radius 2 is 1.56 bits per heavy atom. The van der Waals surface area contributed by atoms with Gasteiger partial charge in [-0.3, -0.25) is 0 Å². The van der Waals surface area contributed by atoms with Gasteiger partial charge in [0.25, 0.3) is 0 Å². The zero-order valence-corrected chi connectivity index (χ0v) is 12.5. The third-order valence-corrected chi connectivity index (χ3v) is 1.98. The molecule has 0 fully saturated rings. The van der Waals surface area contributed by atoms with E-state index in [1.807, 2.05) is 32.9 Å². The second-order valence-corrected chi connectivity index (χ2v) is 4.12. The summed E-state index contributed by atoms with van der Waals surface area (Å²) < 4.78 is 0. The average molecular weight is 295 g/mol. The molecule has 1 amide bonds. The van der Waals surface area contributed by atoms with E-state index in [4.69, 9.17) is 5.73 Å². The third kappa shape index (κ3) is 5.35. The normalized spacial score (nSPS) is 9.19. The van der Waals surface area contributed by atoms with E-state index in [9.17, 15) is 4.79 Å². The Balaban J connectivity index is -0.000000563. The summed E-state index contributed by atoms with van der Waals surface area (Å²) in [7, 11) is 0. The SMILES string of the molecule is CC(C)(C)c1ccccc1C([NH-])=O.[Cl-].[Cl-].[Ti+3]. The molecule has 0 atom stereocenters. The van der Waals surface area contributed by atoms with E-state index in [1.165, 1.54) is 0 Å². The molecule has 0 aliphatic rings. The first-order chi connectivity index (χ1) is 5.93. The van der Waals surface area contributed by atoms with Crippen LogP contribution in [0.3, 0.4) is 0 Å². The van der Waals surface area contributed by atoms with Crippen molar-refractivity contribution in [3.05, 3.63) is 41.1 Å². The number of hydrogen-bond acceptors (Lipinski definition) is 1. The second-order valence-electron chi connectivity index (χ2n) is 4.12. The van der Waals surface area contributed by atoms with Crippen molar-refractivity contribution in [2.75, 3.05) is 0 Å². The first-order valence-electron chi connectivity index (χ1n) is 4.28. The first kappa shape index (κ1) is 21.3. The van der Waals surface area contributed by atoms with Crippen molar-refractivity contribution in [3.63, 3.8) is 0 Å². The first-order valence-corrected chi connectivity index (χ1v) is 4.28. The monoisotopic (exact) mass is 294 g/mol. The van der Waals surface area contributed by atoms with Crippen molar-refractivity contribution in [1.82, 2.24) is 0 Å². The molecular formula is C11H14Cl2NOTi.